The summed E-state index contributed by atoms with van der Waals surface area (Å²) in [5.74, 6) is 0.0106. The first-order valence-electron chi connectivity index (χ1n) is 14.1. The number of carbonyl (C=O) groups excluding carboxylic acids is 4. The molecule has 0 bridgehead atoms. The van der Waals surface area contributed by atoms with Crippen molar-refractivity contribution in [1.29, 1.82) is 0 Å². The van der Waals surface area contributed by atoms with Crippen molar-refractivity contribution in [3.63, 3.8) is 0 Å². The van der Waals surface area contributed by atoms with Crippen molar-refractivity contribution in [3.8, 4) is 0 Å². The average molecular weight is 530 g/mol. The Labute approximate surface area is 225 Å². The lowest BCUT2D eigenvalue weighted by molar-refractivity contribution is -0.163. The van der Waals surface area contributed by atoms with E-state index in [1.807, 2.05) is 32.6 Å². The van der Waals surface area contributed by atoms with Gasteiger partial charge in [-0.15, -0.1) is 0 Å². The number of nitrogens with one attached hydrogen (secondary N) is 2. The average Bonchev–Trinajstić information content (AvgIpc) is 3.36. The number of piperazine rings is 1. The van der Waals surface area contributed by atoms with Gasteiger partial charge < -0.3 is 29.8 Å². The first-order valence-corrected chi connectivity index (χ1v) is 14.1. The standard InChI is InChI=1S/C28H43N5O5/c1-18(2)14-22-27(36)31(16-20-7-10-29-11-8-20)17-25-32(28(37)23-6-5-13-38-23)12-9-21(26(35)33(22)25)30-24(34)15-19(3)4/h5-6,13,18-22,25,29H,7-12,14-17H2,1-4H3,(H,30,34)/t21?,22-,25?/m0/s1. The number of nitrogens with zero attached hydrogens (tertiary/aromatic N) is 3. The van der Waals surface area contributed by atoms with E-state index in [4.69, 9.17) is 4.42 Å². The summed E-state index contributed by atoms with van der Waals surface area (Å²) in [4.78, 5) is 59.5. The molecule has 4 rings (SSSR count). The Morgan fingerprint density at radius 1 is 1.08 bits per heavy atom. The summed E-state index contributed by atoms with van der Waals surface area (Å²) in [6, 6.07) is 1.79. The lowest BCUT2D eigenvalue weighted by atomic mass is 9.93. The maximum Gasteiger partial charge on any atom is 0.291 e. The van der Waals surface area contributed by atoms with E-state index >= 15 is 0 Å². The van der Waals surface area contributed by atoms with Gasteiger partial charge in [0.15, 0.2) is 5.76 Å². The van der Waals surface area contributed by atoms with Gasteiger partial charge in [0.25, 0.3) is 5.91 Å². The zero-order chi connectivity index (χ0) is 27.4. The fourth-order valence-corrected chi connectivity index (χ4v) is 5.92. The molecule has 2 N–H and O–H groups in total. The van der Waals surface area contributed by atoms with Crippen LogP contribution in [-0.2, 0) is 14.4 Å². The third-order valence-electron chi connectivity index (χ3n) is 7.76. The molecule has 0 aromatic carbocycles. The molecule has 3 aliphatic heterocycles. The van der Waals surface area contributed by atoms with E-state index in [2.05, 4.69) is 10.6 Å². The van der Waals surface area contributed by atoms with Gasteiger partial charge in [-0.2, -0.15) is 0 Å². The van der Waals surface area contributed by atoms with Gasteiger partial charge in [0.05, 0.1) is 12.8 Å². The minimum absolute atomic E-state index is 0.0682. The Hall–Kier alpha value is -2.88. The molecule has 0 aliphatic carbocycles. The highest BCUT2D eigenvalue weighted by Crippen LogP contribution is 2.31. The van der Waals surface area contributed by atoms with Crippen molar-refractivity contribution in [1.82, 2.24) is 25.3 Å². The van der Waals surface area contributed by atoms with E-state index < -0.39 is 18.2 Å². The molecule has 10 nitrogen and oxygen atoms in total. The van der Waals surface area contributed by atoms with E-state index in [9.17, 15) is 19.2 Å². The molecule has 210 valence electrons. The second-order valence-electron chi connectivity index (χ2n) is 11.8. The maximum atomic E-state index is 14.1. The van der Waals surface area contributed by atoms with Crippen molar-refractivity contribution in [2.75, 3.05) is 32.7 Å². The Morgan fingerprint density at radius 3 is 2.45 bits per heavy atom. The van der Waals surface area contributed by atoms with Gasteiger partial charge in [0.1, 0.15) is 18.2 Å². The first-order chi connectivity index (χ1) is 18.2. The van der Waals surface area contributed by atoms with Crippen LogP contribution in [0.25, 0.3) is 0 Å². The zero-order valence-corrected chi connectivity index (χ0v) is 23.2. The van der Waals surface area contributed by atoms with Gasteiger partial charge in [-0.25, -0.2) is 0 Å². The van der Waals surface area contributed by atoms with Crippen molar-refractivity contribution in [2.24, 2.45) is 17.8 Å². The van der Waals surface area contributed by atoms with Gasteiger partial charge in [-0.3, -0.25) is 19.2 Å². The van der Waals surface area contributed by atoms with Crippen molar-refractivity contribution < 1.29 is 23.6 Å². The molecule has 4 amide bonds. The Kier molecular flexibility index (Phi) is 9.12. The monoisotopic (exact) mass is 529 g/mol. The third-order valence-corrected chi connectivity index (χ3v) is 7.76. The highest BCUT2D eigenvalue weighted by atomic mass is 16.3. The van der Waals surface area contributed by atoms with Crippen LogP contribution in [0.2, 0.25) is 0 Å². The Morgan fingerprint density at radius 2 is 1.82 bits per heavy atom. The lowest BCUT2D eigenvalue weighted by Crippen LogP contribution is -2.69. The molecule has 0 radical (unpaired) electrons. The van der Waals surface area contributed by atoms with E-state index in [0.29, 0.717) is 25.3 Å². The number of piperidine rings is 1. The van der Waals surface area contributed by atoms with Crippen LogP contribution >= 0.6 is 0 Å². The summed E-state index contributed by atoms with van der Waals surface area (Å²) in [5, 5.41) is 6.28. The molecule has 3 aliphatic rings. The van der Waals surface area contributed by atoms with Crippen LogP contribution < -0.4 is 10.6 Å². The number of carbonyl (C=O) groups is 4. The second-order valence-corrected chi connectivity index (χ2v) is 11.8. The molecule has 3 fully saturated rings. The zero-order valence-electron chi connectivity index (χ0n) is 23.2. The molecular weight excluding hydrogens is 486 g/mol. The van der Waals surface area contributed by atoms with Gasteiger partial charge in [0.2, 0.25) is 17.7 Å². The lowest BCUT2D eigenvalue weighted by Gasteiger charge is -2.49. The van der Waals surface area contributed by atoms with Crippen LogP contribution in [0.4, 0.5) is 0 Å². The molecule has 10 heteroatoms. The predicted octanol–water partition coefficient (Wildman–Crippen LogP) is 2.07. The highest BCUT2D eigenvalue weighted by Gasteiger charge is 2.50. The molecule has 4 heterocycles. The number of hydrogen-bond donors (Lipinski definition) is 2. The van der Waals surface area contributed by atoms with Crippen LogP contribution in [-0.4, -0.2) is 89.3 Å². The molecule has 0 saturated carbocycles. The molecule has 38 heavy (non-hydrogen) atoms. The number of furan rings is 1. The van der Waals surface area contributed by atoms with Crippen molar-refractivity contribution >= 4 is 23.6 Å². The minimum atomic E-state index is -0.795. The summed E-state index contributed by atoms with van der Waals surface area (Å²) in [6.45, 7) is 11.0. The maximum absolute atomic E-state index is 14.1. The van der Waals surface area contributed by atoms with Crippen LogP contribution in [0.5, 0.6) is 0 Å². The summed E-state index contributed by atoms with van der Waals surface area (Å²) < 4.78 is 5.44. The minimum Gasteiger partial charge on any atom is -0.459 e. The summed E-state index contributed by atoms with van der Waals surface area (Å²) in [5.41, 5.74) is 0. The quantitative estimate of drug-likeness (QED) is 0.533. The van der Waals surface area contributed by atoms with Crippen LogP contribution in [0.3, 0.4) is 0 Å². The van der Waals surface area contributed by atoms with Gasteiger partial charge >= 0.3 is 0 Å². The van der Waals surface area contributed by atoms with Gasteiger partial charge in [-0.1, -0.05) is 27.7 Å². The number of hydrogen-bond acceptors (Lipinski definition) is 6. The van der Waals surface area contributed by atoms with Crippen molar-refractivity contribution in [2.45, 2.75) is 78.0 Å². The SMILES string of the molecule is CC(C)CC(=O)NC1CCN(C(=O)c2ccco2)C2CN(CC3CCNCC3)C(=O)[C@H](CC(C)C)N2C1=O. The molecule has 3 atom stereocenters. The smallest absolute Gasteiger partial charge is 0.291 e. The summed E-state index contributed by atoms with van der Waals surface area (Å²) in [7, 11) is 0. The van der Waals surface area contributed by atoms with E-state index in [1.54, 1.807) is 21.9 Å². The molecule has 0 spiro atoms. The Bertz CT molecular complexity index is 988. The van der Waals surface area contributed by atoms with Gasteiger partial charge in [0, 0.05) is 19.5 Å². The number of rotatable bonds is 8. The normalized spacial score (nSPS) is 25.1. The largest absolute Gasteiger partial charge is 0.459 e. The second kappa shape index (κ2) is 12.3. The topological polar surface area (TPSA) is 115 Å². The molecule has 3 saturated heterocycles. The summed E-state index contributed by atoms with van der Waals surface area (Å²) in [6.07, 6.45) is 3.88. The van der Waals surface area contributed by atoms with Crippen LogP contribution in [0.15, 0.2) is 22.8 Å². The van der Waals surface area contributed by atoms with Crippen LogP contribution in [0, 0.1) is 17.8 Å². The van der Waals surface area contributed by atoms with E-state index in [0.717, 1.165) is 25.9 Å². The Balaban J connectivity index is 1.68. The molecule has 1 aromatic rings. The molecule has 2 unspecified atom stereocenters. The van der Waals surface area contributed by atoms with E-state index in [1.165, 1.54) is 6.26 Å². The molecule has 1 aromatic heterocycles. The van der Waals surface area contributed by atoms with Gasteiger partial charge in [-0.05, 0) is 68.7 Å². The van der Waals surface area contributed by atoms with Crippen LogP contribution in [0.1, 0.15) is 70.4 Å². The first kappa shape index (κ1) is 28.1. The highest BCUT2D eigenvalue weighted by molar-refractivity contribution is 5.96. The predicted molar refractivity (Wildman–Crippen MR) is 142 cm³/mol. The molecular formula is C28H43N5O5. The number of fused-ring (bicyclic) bond motifs is 1. The third kappa shape index (κ3) is 6.39. The number of amides is 4. The van der Waals surface area contributed by atoms with Crippen molar-refractivity contribution in [3.05, 3.63) is 24.2 Å². The summed E-state index contributed by atoms with van der Waals surface area (Å²) >= 11 is 0. The van der Waals surface area contributed by atoms with E-state index in [-0.39, 0.29) is 60.7 Å². The fourth-order valence-electron chi connectivity index (χ4n) is 5.92. The fraction of sp³-hybridized carbons (Fsp3) is 0.714.